The number of piperidine rings is 1. The lowest BCUT2D eigenvalue weighted by molar-refractivity contribution is -0.149. The summed E-state index contributed by atoms with van der Waals surface area (Å²) in [7, 11) is 2.19. The van der Waals surface area contributed by atoms with Gasteiger partial charge in [-0.1, -0.05) is 6.42 Å². The minimum atomic E-state index is 0.0115. The fourth-order valence-electron chi connectivity index (χ4n) is 3.32. The highest BCUT2D eigenvalue weighted by Gasteiger charge is 2.29. The number of nitrogens with one attached hydrogen (secondary N) is 1. The molecule has 1 heterocycles. The Morgan fingerprint density at radius 2 is 1.95 bits per heavy atom. The number of hydrogen-bond donors (Lipinski definition) is 1. The molecule has 4 nitrogen and oxygen atoms in total. The summed E-state index contributed by atoms with van der Waals surface area (Å²) >= 11 is 0. The molecule has 2 unspecified atom stereocenters. The van der Waals surface area contributed by atoms with Gasteiger partial charge >= 0.3 is 5.97 Å². The number of hydrogen-bond acceptors (Lipinski definition) is 4. The lowest BCUT2D eigenvalue weighted by atomic mass is 9.85. The van der Waals surface area contributed by atoms with E-state index in [1.54, 1.807) is 0 Å². The van der Waals surface area contributed by atoms with Crippen molar-refractivity contribution in [2.24, 2.45) is 5.92 Å². The average molecular weight is 268 g/mol. The van der Waals surface area contributed by atoms with E-state index < -0.39 is 0 Å². The maximum absolute atomic E-state index is 11.8. The average Bonchev–Trinajstić information content (AvgIpc) is 2.42. The van der Waals surface area contributed by atoms with E-state index in [0.29, 0.717) is 18.7 Å². The summed E-state index contributed by atoms with van der Waals surface area (Å²) < 4.78 is 5.16. The third-order valence-electron chi connectivity index (χ3n) is 4.48. The second kappa shape index (κ2) is 7.25. The van der Waals surface area contributed by atoms with Crippen LogP contribution >= 0.6 is 0 Å². The van der Waals surface area contributed by atoms with E-state index in [1.807, 2.05) is 6.92 Å². The monoisotopic (exact) mass is 268 g/mol. The first-order chi connectivity index (χ1) is 9.19. The molecule has 1 aliphatic heterocycles. The van der Waals surface area contributed by atoms with Crippen LogP contribution < -0.4 is 5.32 Å². The molecule has 1 saturated carbocycles. The predicted octanol–water partition coefficient (Wildman–Crippen LogP) is 1.79. The van der Waals surface area contributed by atoms with Gasteiger partial charge in [-0.15, -0.1) is 0 Å². The van der Waals surface area contributed by atoms with Crippen LogP contribution in [0.15, 0.2) is 0 Å². The number of rotatable bonds is 4. The fraction of sp³-hybridized carbons (Fsp3) is 0.933. The Balaban J connectivity index is 1.76. The zero-order valence-electron chi connectivity index (χ0n) is 12.4. The number of carbonyl (C=O) groups is 1. The van der Waals surface area contributed by atoms with E-state index in [9.17, 15) is 4.79 Å². The number of ether oxygens (including phenoxy) is 1. The van der Waals surface area contributed by atoms with Crippen molar-refractivity contribution >= 4 is 5.97 Å². The maximum Gasteiger partial charge on any atom is 0.308 e. The van der Waals surface area contributed by atoms with E-state index in [1.165, 1.54) is 32.4 Å². The third-order valence-corrected chi connectivity index (χ3v) is 4.48. The lowest BCUT2D eigenvalue weighted by Gasteiger charge is -2.35. The topological polar surface area (TPSA) is 41.6 Å². The molecule has 19 heavy (non-hydrogen) atoms. The molecule has 0 aromatic rings. The van der Waals surface area contributed by atoms with Crippen molar-refractivity contribution in [2.75, 3.05) is 26.7 Å². The standard InChI is InChI=1S/C15H28N2O2/c1-3-19-15(18)12-5-4-6-14(11-12)16-13-7-9-17(2)10-8-13/h12-14,16H,3-11H2,1-2H3. The van der Waals surface area contributed by atoms with Crippen LogP contribution in [-0.2, 0) is 9.53 Å². The minimum Gasteiger partial charge on any atom is -0.466 e. The second-order valence-corrected chi connectivity index (χ2v) is 6.06. The van der Waals surface area contributed by atoms with Crippen LogP contribution in [0.1, 0.15) is 45.4 Å². The summed E-state index contributed by atoms with van der Waals surface area (Å²) in [6, 6.07) is 1.15. The number of likely N-dealkylation sites (tertiary alicyclic amines) is 1. The molecule has 0 spiro atoms. The highest BCUT2D eigenvalue weighted by Crippen LogP contribution is 2.26. The molecule has 0 bridgehead atoms. The van der Waals surface area contributed by atoms with E-state index in [2.05, 4.69) is 17.3 Å². The molecular weight excluding hydrogens is 240 g/mol. The van der Waals surface area contributed by atoms with Gasteiger partial charge in [0.05, 0.1) is 12.5 Å². The largest absolute Gasteiger partial charge is 0.466 e. The van der Waals surface area contributed by atoms with Crippen LogP contribution in [0, 0.1) is 5.92 Å². The highest BCUT2D eigenvalue weighted by molar-refractivity contribution is 5.72. The Morgan fingerprint density at radius 3 is 2.63 bits per heavy atom. The molecule has 2 rings (SSSR count). The van der Waals surface area contributed by atoms with Gasteiger partial charge in [-0.25, -0.2) is 0 Å². The first-order valence-corrected chi connectivity index (χ1v) is 7.80. The van der Waals surface area contributed by atoms with Crippen molar-refractivity contribution in [1.82, 2.24) is 10.2 Å². The van der Waals surface area contributed by atoms with Crippen LogP contribution in [0.2, 0.25) is 0 Å². The van der Waals surface area contributed by atoms with Crippen molar-refractivity contribution in [3.05, 3.63) is 0 Å². The van der Waals surface area contributed by atoms with Gasteiger partial charge in [-0.3, -0.25) is 4.79 Å². The van der Waals surface area contributed by atoms with Gasteiger partial charge in [-0.2, -0.15) is 0 Å². The Labute approximate surface area is 116 Å². The molecule has 2 aliphatic rings. The molecule has 0 radical (unpaired) electrons. The van der Waals surface area contributed by atoms with Crippen LogP contribution in [-0.4, -0.2) is 49.7 Å². The van der Waals surface area contributed by atoms with Gasteiger partial charge in [0.15, 0.2) is 0 Å². The van der Waals surface area contributed by atoms with Crippen LogP contribution in [0.25, 0.3) is 0 Å². The first kappa shape index (κ1) is 14.8. The number of carbonyl (C=O) groups excluding carboxylic acids is 1. The molecule has 0 amide bonds. The minimum absolute atomic E-state index is 0.0115. The smallest absolute Gasteiger partial charge is 0.308 e. The van der Waals surface area contributed by atoms with Crippen LogP contribution in [0.4, 0.5) is 0 Å². The van der Waals surface area contributed by atoms with Crippen molar-refractivity contribution in [2.45, 2.75) is 57.5 Å². The molecular formula is C15H28N2O2. The molecule has 1 saturated heterocycles. The molecule has 2 fully saturated rings. The fourth-order valence-corrected chi connectivity index (χ4v) is 3.32. The summed E-state index contributed by atoms with van der Waals surface area (Å²) in [6.45, 7) is 4.76. The summed E-state index contributed by atoms with van der Waals surface area (Å²) in [5.74, 6) is 0.134. The first-order valence-electron chi connectivity index (χ1n) is 7.80. The SMILES string of the molecule is CCOC(=O)C1CCCC(NC2CCN(C)CC2)C1. The van der Waals surface area contributed by atoms with Gasteiger partial charge < -0.3 is 15.0 Å². The summed E-state index contributed by atoms with van der Waals surface area (Å²) in [5.41, 5.74) is 0. The molecule has 1 aliphatic carbocycles. The Kier molecular flexibility index (Phi) is 5.64. The Morgan fingerprint density at radius 1 is 1.21 bits per heavy atom. The van der Waals surface area contributed by atoms with Gasteiger partial charge in [0.2, 0.25) is 0 Å². The zero-order chi connectivity index (χ0) is 13.7. The molecule has 4 heteroatoms. The summed E-state index contributed by atoms with van der Waals surface area (Å²) in [6.07, 6.45) is 6.79. The zero-order valence-corrected chi connectivity index (χ0v) is 12.4. The van der Waals surface area contributed by atoms with Crippen molar-refractivity contribution in [1.29, 1.82) is 0 Å². The quantitative estimate of drug-likeness (QED) is 0.789. The third kappa shape index (κ3) is 4.46. The Hall–Kier alpha value is -0.610. The summed E-state index contributed by atoms with van der Waals surface area (Å²) in [5, 5.41) is 3.77. The molecule has 1 N–H and O–H groups in total. The van der Waals surface area contributed by atoms with Gasteiger partial charge in [0, 0.05) is 12.1 Å². The van der Waals surface area contributed by atoms with Crippen LogP contribution in [0.3, 0.4) is 0 Å². The van der Waals surface area contributed by atoms with Crippen LogP contribution in [0.5, 0.6) is 0 Å². The lowest BCUT2D eigenvalue weighted by Crippen LogP contribution is -2.47. The normalized spacial score (nSPS) is 30.2. The highest BCUT2D eigenvalue weighted by atomic mass is 16.5. The van der Waals surface area contributed by atoms with E-state index in [4.69, 9.17) is 4.74 Å². The number of nitrogens with zero attached hydrogens (tertiary/aromatic N) is 1. The van der Waals surface area contributed by atoms with E-state index in [0.717, 1.165) is 19.3 Å². The molecule has 2 atom stereocenters. The van der Waals surface area contributed by atoms with Crippen molar-refractivity contribution in [3.8, 4) is 0 Å². The number of esters is 1. The predicted molar refractivity (Wildman–Crippen MR) is 76.0 cm³/mol. The van der Waals surface area contributed by atoms with Gasteiger partial charge in [0.1, 0.15) is 0 Å². The van der Waals surface area contributed by atoms with E-state index in [-0.39, 0.29) is 11.9 Å². The summed E-state index contributed by atoms with van der Waals surface area (Å²) in [4.78, 5) is 14.2. The second-order valence-electron chi connectivity index (χ2n) is 6.06. The van der Waals surface area contributed by atoms with Gasteiger partial charge in [-0.05, 0) is 59.2 Å². The molecule has 0 aromatic carbocycles. The maximum atomic E-state index is 11.8. The van der Waals surface area contributed by atoms with Gasteiger partial charge in [0.25, 0.3) is 0 Å². The van der Waals surface area contributed by atoms with Crippen molar-refractivity contribution < 1.29 is 9.53 Å². The Bertz CT molecular complexity index is 288. The molecule has 0 aromatic heterocycles. The molecule has 110 valence electrons. The van der Waals surface area contributed by atoms with E-state index >= 15 is 0 Å². The van der Waals surface area contributed by atoms with Crippen molar-refractivity contribution in [3.63, 3.8) is 0 Å².